The Morgan fingerprint density at radius 2 is 1.16 bits per heavy atom. The molecule has 0 aliphatic heterocycles. The number of carbonyl (C=O) groups is 2. The SMILES string of the molecule is CC(C)COC(=O)CCCCCCCCC(=O)OCC(F)(F)C(F)(F)C(F)(F)C(F)F. The van der Waals surface area contributed by atoms with Gasteiger partial charge in [0.25, 0.3) is 0 Å². The molecule has 12 heteroatoms. The van der Waals surface area contributed by atoms with Crippen molar-refractivity contribution in [1.29, 1.82) is 0 Å². The number of unbranched alkanes of at least 4 members (excludes halogenated alkanes) is 5. The maximum absolute atomic E-state index is 13.3. The van der Waals surface area contributed by atoms with Gasteiger partial charge in [-0.2, -0.15) is 26.3 Å². The summed E-state index contributed by atoms with van der Waals surface area (Å²) in [5.74, 6) is -19.7. The third kappa shape index (κ3) is 10.0. The molecule has 4 nitrogen and oxygen atoms in total. The van der Waals surface area contributed by atoms with Crippen LogP contribution in [0, 0.1) is 5.92 Å². The fourth-order valence-corrected chi connectivity index (χ4v) is 2.29. The Morgan fingerprint density at radius 3 is 1.58 bits per heavy atom. The first-order chi connectivity index (χ1) is 14.1. The van der Waals surface area contributed by atoms with Gasteiger partial charge in [0.1, 0.15) is 0 Å². The normalized spacial score (nSPS) is 13.0. The summed E-state index contributed by atoms with van der Waals surface area (Å²) in [7, 11) is 0. The van der Waals surface area contributed by atoms with Crippen molar-refractivity contribution in [1.82, 2.24) is 0 Å². The van der Waals surface area contributed by atoms with Crippen LogP contribution in [0.2, 0.25) is 0 Å². The van der Waals surface area contributed by atoms with E-state index in [2.05, 4.69) is 4.74 Å². The third-order valence-corrected chi connectivity index (χ3v) is 4.16. The Morgan fingerprint density at radius 1 is 0.742 bits per heavy atom. The van der Waals surface area contributed by atoms with Gasteiger partial charge in [-0.05, 0) is 18.8 Å². The predicted octanol–water partition coefficient (Wildman–Crippen LogP) is 6.02. The van der Waals surface area contributed by atoms with Crippen LogP contribution < -0.4 is 0 Å². The van der Waals surface area contributed by atoms with E-state index in [1.54, 1.807) is 0 Å². The Bertz CT molecular complexity index is 553. The van der Waals surface area contributed by atoms with Gasteiger partial charge in [-0.25, -0.2) is 8.78 Å². The quantitative estimate of drug-likeness (QED) is 0.157. The van der Waals surface area contributed by atoms with Gasteiger partial charge in [-0.1, -0.05) is 39.5 Å². The minimum absolute atomic E-state index is 0.171. The molecule has 0 saturated carbocycles. The Hall–Kier alpha value is -1.62. The predicted molar refractivity (Wildman–Crippen MR) is 94.5 cm³/mol. The maximum atomic E-state index is 13.3. The van der Waals surface area contributed by atoms with E-state index >= 15 is 0 Å². The van der Waals surface area contributed by atoms with Crippen LogP contribution in [0.15, 0.2) is 0 Å². The molecule has 31 heavy (non-hydrogen) atoms. The second-order valence-electron chi connectivity index (χ2n) is 7.56. The number of hydrogen-bond donors (Lipinski definition) is 0. The molecule has 0 spiro atoms. The van der Waals surface area contributed by atoms with E-state index in [-0.39, 0.29) is 24.7 Å². The highest BCUT2D eigenvalue weighted by Crippen LogP contribution is 2.48. The molecule has 0 rings (SSSR count). The zero-order valence-corrected chi connectivity index (χ0v) is 17.4. The molecule has 184 valence electrons. The van der Waals surface area contributed by atoms with Crippen molar-refractivity contribution in [2.24, 2.45) is 5.92 Å². The molecule has 0 aromatic heterocycles. The van der Waals surface area contributed by atoms with E-state index in [4.69, 9.17) is 4.74 Å². The van der Waals surface area contributed by atoms with Crippen LogP contribution in [0.1, 0.15) is 65.2 Å². The van der Waals surface area contributed by atoms with Crippen LogP contribution in [-0.4, -0.2) is 49.3 Å². The number of alkyl halides is 8. The topological polar surface area (TPSA) is 52.6 Å². The van der Waals surface area contributed by atoms with E-state index in [1.165, 1.54) is 0 Å². The molecular formula is C19H28F8O4. The highest BCUT2D eigenvalue weighted by molar-refractivity contribution is 5.69. The van der Waals surface area contributed by atoms with Crippen LogP contribution in [0.5, 0.6) is 0 Å². The lowest BCUT2D eigenvalue weighted by molar-refractivity contribution is -0.344. The fourth-order valence-electron chi connectivity index (χ4n) is 2.29. The Labute approximate surface area is 175 Å². The summed E-state index contributed by atoms with van der Waals surface area (Å²) in [6.07, 6.45) is -1.81. The van der Waals surface area contributed by atoms with E-state index in [0.717, 1.165) is 12.8 Å². The van der Waals surface area contributed by atoms with Gasteiger partial charge >= 0.3 is 36.1 Å². The number of rotatable bonds is 16. The molecule has 0 aromatic rings. The monoisotopic (exact) mass is 472 g/mol. The summed E-state index contributed by atoms with van der Waals surface area (Å²) in [4.78, 5) is 22.7. The van der Waals surface area contributed by atoms with Crippen molar-refractivity contribution >= 4 is 11.9 Å². The number of hydrogen-bond acceptors (Lipinski definition) is 4. The van der Waals surface area contributed by atoms with Gasteiger partial charge < -0.3 is 9.47 Å². The van der Waals surface area contributed by atoms with Crippen LogP contribution >= 0.6 is 0 Å². The lowest BCUT2D eigenvalue weighted by atomic mass is 10.1. The van der Waals surface area contributed by atoms with Crippen molar-refractivity contribution in [2.45, 2.75) is 89.4 Å². The summed E-state index contributed by atoms with van der Waals surface area (Å²) >= 11 is 0. The first kappa shape index (κ1) is 29.4. The lowest BCUT2D eigenvalue weighted by Gasteiger charge is -2.31. The molecule has 0 unspecified atom stereocenters. The summed E-state index contributed by atoms with van der Waals surface area (Å²) in [6.45, 7) is 1.74. The maximum Gasteiger partial charge on any atom is 0.381 e. The van der Waals surface area contributed by atoms with E-state index < -0.39 is 43.2 Å². The van der Waals surface area contributed by atoms with E-state index in [1.807, 2.05) is 13.8 Å². The number of carbonyl (C=O) groups excluding carboxylic acids is 2. The van der Waals surface area contributed by atoms with Gasteiger partial charge in [-0.15, -0.1) is 0 Å². The molecule has 0 aromatic carbocycles. The number of halogens is 8. The van der Waals surface area contributed by atoms with Gasteiger partial charge in [0.15, 0.2) is 6.61 Å². The molecule has 0 saturated heterocycles. The highest BCUT2D eigenvalue weighted by Gasteiger charge is 2.75. The second-order valence-corrected chi connectivity index (χ2v) is 7.56. The number of ether oxygens (including phenoxy) is 2. The van der Waals surface area contributed by atoms with Crippen molar-refractivity contribution in [3.05, 3.63) is 0 Å². The van der Waals surface area contributed by atoms with Crippen molar-refractivity contribution < 1.29 is 54.2 Å². The largest absolute Gasteiger partial charge is 0.465 e. The fraction of sp³-hybridized carbons (Fsp3) is 0.895. The standard InChI is InChI=1S/C19H28F8O4/c1-13(2)11-30-14(28)9-7-5-3-4-6-8-10-15(29)31-12-17(22,23)19(26,27)18(24,25)16(20)21/h13,16H,3-12H2,1-2H3. The molecule has 0 radical (unpaired) electrons. The summed E-state index contributed by atoms with van der Waals surface area (Å²) in [5.41, 5.74) is 0. The molecule has 0 heterocycles. The smallest absolute Gasteiger partial charge is 0.381 e. The van der Waals surface area contributed by atoms with Crippen molar-refractivity contribution in [3.63, 3.8) is 0 Å². The van der Waals surface area contributed by atoms with Gasteiger partial charge in [0.05, 0.1) is 6.61 Å². The Balaban J connectivity index is 4.02. The van der Waals surface area contributed by atoms with Crippen LogP contribution in [-0.2, 0) is 19.1 Å². The first-order valence-electron chi connectivity index (χ1n) is 9.88. The average molecular weight is 472 g/mol. The van der Waals surface area contributed by atoms with E-state index in [0.29, 0.717) is 25.9 Å². The molecule has 0 aliphatic rings. The van der Waals surface area contributed by atoms with Gasteiger partial charge in [-0.3, -0.25) is 9.59 Å². The zero-order valence-electron chi connectivity index (χ0n) is 17.4. The average Bonchev–Trinajstić information content (AvgIpc) is 2.66. The summed E-state index contributed by atoms with van der Waals surface area (Å²) in [6, 6.07) is 0. The van der Waals surface area contributed by atoms with Crippen LogP contribution in [0.4, 0.5) is 35.1 Å². The van der Waals surface area contributed by atoms with Gasteiger partial charge in [0.2, 0.25) is 0 Å². The lowest BCUT2D eigenvalue weighted by Crippen LogP contribution is -2.59. The zero-order chi connectivity index (χ0) is 24.3. The van der Waals surface area contributed by atoms with Crippen LogP contribution in [0.25, 0.3) is 0 Å². The summed E-state index contributed by atoms with van der Waals surface area (Å²) < 4.78 is 111. The Kier molecular flexibility index (Phi) is 12.4. The molecule has 0 amide bonds. The number of esters is 2. The second kappa shape index (κ2) is 13.0. The summed E-state index contributed by atoms with van der Waals surface area (Å²) in [5, 5.41) is 0. The third-order valence-electron chi connectivity index (χ3n) is 4.16. The molecule has 0 bridgehead atoms. The molecule has 0 fully saturated rings. The van der Waals surface area contributed by atoms with Crippen molar-refractivity contribution in [3.8, 4) is 0 Å². The van der Waals surface area contributed by atoms with Gasteiger partial charge in [0, 0.05) is 12.8 Å². The minimum Gasteiger partial charge on any atom is -0.465 e. The van der Waals surface area contributed by atoms with E-state index in [9.17, 15) is 44.7 Å². The van der Waals surface area contributed by atoms with Crippen LogP contribution in [0.3, 0.4) is 0 Å². The minimum atomic E-state index is -6.39. The highest BCUT2D eigenvalue weighted by atomic mass is 19.4. The first-order valence-corrected chi connectivity index (χ1v) is 9.88. The molecule has 0 N–H and O–H groups in total. The molecule has 0 aliphatic carbocycles. The van der Waals surface area contributed by atoms with Crippen molar-refractivity contribution in [2.75, 3.05) is 13.2 Å². The molecular weight excluding hydrogens is 444 g/mol. The molecule has 0 atom stereocenters.